The van der Waals surface area contributed by atoms with Crippen molar-refractivity contribution in [3.63, 3.8) is 0 Å². The number of anilines is 2. The first-order valence-corrected chi connectivity index (χ1v) is 20.4. The molecule has 300 valence electrons. The number of benzene rings is 3. The number of halogens is 1. The molecular weight excluding hydrogens is 790 g/mol. The predicted molar refractivity (Wildman–Crippen MR) is 211 cm³/mol. The number of aromatic nitrogens is 2. The van der Waals surface area contributed by atoms with Crippen LogP contribution in [-0.4, -0.2) is 71.7 Å². The fraction of sp³-hybridized carbons (Fsp3) is 0.300. The second-order valence-corrected chi connectivity index (χ2v) is 16.3. The number of piperidine rings is 1. The van der Waals surface area contributed by atoms with Gasteiger partial charge in [0.15, 0.2) is 5.75 Å². The number of imide groups is 2. The monoisotopic (exact) mass is 827 g/mol. The molecule has 4 aromatic rings. The van der Waals surface area contributed by atoms with Crippen molar-refractivity contribution in [2.45, 2.75) is 64.0 Å². The van der Waals surface area contributed by atoms with Crippen LogP contribution in [0.3, 0.4) is 0 Å². The molecule has 3 heterocycles. The smallest absolute Gasteiger partial charge is 0.262 e. The first-order chi connectivity index (χ1) is 27.5. The Labute approximate surface area is 339 Å². The minimum absolute atomic E-state index is 0.0102. The van der Waals surface area contributed by atoms with E-state index in [4.69, 9.17) is 21.1 Å². The van der Waals surface area contributed by atoms with E-state index >= 15 is 0 Å². The number of hydrogen-bond acceptors (Lipinski definition) is 12. The Morgan fingerprint density at radius 2 is 1.74 bits per heavy atom. The molecule has 2 aliphatic rings. The fourth-order valence-corrected chi connectivity index (χ4v) is 7.21. The van der Waals surface area contributed by atoms with Crippen molar-refractivity contribution in [1.29, 1.82) is 5.26 Å². The molecule has 18 heteroatoms. The van der Waals surface area contributed by atoms with Gasteiger partial charge in [-0.25, -0.2) is 18.4 Å². The maximum absolute atomic E-state index is 13.1. The van der Waals surface area contributed by atoms with Crippen LogP contribution in [0.5, 0.6) is 11.5 Å². The van der Waals surface area contributed by atoms with Gasteiger partial charge in [0.05, 0.1) is 40.3 Å². The fourth-order valence-electron chi connectivity index (χ4n) is 6.50. The largest absolute Gasteiger partial charge is 0.491 e. The SMILES string of the molecule is CC(C)(c1ccc(OCc2ccnc(NS(C)(=O)=O)n2)cc1)c1cc(Cl)c(OCCCCC(=O)Nc2ccc3c(c2)C(=O)N(C2CCC(=O)NC2=O)C3=O)c(C#N)c1. The molecule has 1 unspecified atom stereocenters. The zero-order chi connectivity index (χ0) is 41.8. The molecule has 0 saturated carbocycles. The lowest BCUT2D eigenvalue weighted by molar-refractivity contribution is -0.136. The molecule has 2 aliphatic heterocycles. The molecule has 5 amide bonds. The lowest BCUT2D eigenvalue weighted by Crippen LogP contribution is -2.54. The van der Waals surface area contributed by atoms with Crippen molar-refractivity contribution in [2.75, 3.05) is 22.9 Å². The summed E-state index contributed by atoms with van der Waals surface area (Å²) in [6.45, 7) is 4.25. The van der Waals surface area contributed by atoms with E-state index in [0.29, 0.717) is 30.0 Å². The third-order valence-corrected chi connectivity index (χ3v) is 10.4. The van der Waals surface area contributed by atoms with Crippen LogP contribution in [0.25, 0.3) is 0 Å². The maximum atomic E-state index is 13.1. The molecule has 3 N–H and O–H groups in total. The zero-order valence-electron chi connectivity index (χ0n) is 31.6. The lowest BCUT2D eigenvalue weighted by Gasteiger charge is -2.27. The summed E-state index contributed by atoms with van der Waals surface area (Å²) in [5, 5.41) is 15.1. The van der Waals surface area contributed by atoms with Gasteiger partial charge in [0, 0.05) is 30.1 Å². The minimum atomic E-state index is -3.53. The number of carbonyl (C=O) groups excluding carboxylic acids is 5. The summed E-state index contributed by atoms with van der Waals surface area (Å²) in [4.78, 5) is 71.6. The molecule has 0 spiro atoms. The third kappa shape index (κ3) is 9.41. The topological polar surface area (TPSA) is 227 Å². The average molecular weight is 828 g/mol. The zero-order valence-corrected chi connectivity index (χ0v) is 33.2. The Kier molecular flexibility index (Phi) is 12.1. The van der Waals surface area contributed by atoms with Crippen molar-refractivity contribution in [2.24, 2.45) is 0 Å². The molecule has 6 rings (SSSR count). The highest BCUT2D eigenvalue weighted by atomic mass is 35.5. The molecule has 16 nitrogen and oxygen atoms in total. The van der Waals surface area contributed by atoms with E-state index in [0.717, 1.165) is 22.3 Å². The summed E-state index contributed by atoms with van der Waals surface area (Å²) in [6.07, 6.45) is 3.51. The van der Waals surface area contributed by atoms with Crippen molar-refractivity contribution >= 4 is 62.8 Å². The molecular formula is C40H38ClN7O9S. The van der Waals surface area contributed by atoms with E-state index < -0.39 is 45.1 Å². The summed E-state index contributed by atoms with van der Waals surface area (Å²) >= 11 is 6.67. The van der Waals surface area contributed by atoms with Gasteiger partial charge in [0.2, 0.25) is 33.7 Å². The molecule has 1 saturated heterocycles. The third-order valence-electron chi connectivity index (χ3n) is 9.61. The van der Waals surface area contributed by atoms with Gasteiger partial charge >= 0.3 is 0 Å². The van der Waals surface area contributed by atoms with Gasteiger partial charge in [-0.2, -0.15) is 5.26 Å². The Balaban J connectivity index is 0.992. The van der Waals surface area contributed by atoms with Crippen molar-refractivity contribution in [3.8, 4) is 17.6 Å². The molecule has 58 heavy (non-hydrogen) atoms. The number of ether oxygens (including phenoxy) is 2. The molecule has 1 atom stereocenters. The van der Waals surface area contributed by atoms with Gasteiger partial charge < -0.3 is 14.8 Å². The molecule has 0 bridgehead atoms. The van der Waals surface area contributed by atoms with Crippen LogP contribution >= 0.6 is 11.6 Å². The standard InChI is InChI=1S/C40H38ClN7O9S/c1-40(2,24-7-10-28(11-8-24)57-22-27-15-16-43-39(45-27)47-58(3,54)55)25-18-23(21-42)35(31(41)19-25)56-17-5-4-6-33(49)44-26-9-12-29-30(20-26)38(53)48(37(29)52)32-13-14-34(50)46-36(32)51/h7-12,15-16,18-20,32H,4-6,13-14,17,22H2,1-3H3,(H,44,49)(H,43,45,47)(H,46,50,51). The molecule has 0 radical (unpaired) electrons. The normalized spacial score (nSPS) is 15.4. The molecule has 0 aliphatic carbocycles. The minimum Gasteiger partial charge on any atom is -0.491 e. The van der Waals surface area contributed by atoms with Crippen molar-refractivity contribution < 1.29 is 41.9 Å². The van der Waals surface area contributed by atoms with Crippen molar-refractivity contribution in [3.05, 3.63) is 105 Å². The quantitative estimate of drug-likeness (QED) is 0.108. The van der Waals surface area contributed by atoms with Crippen LogP contribution in [0, 0.1) is 11.3 Å². The number of amides is 5. The number of nitrogens with zero attached hydrogens (tertiary/aromatic N) is 4. The van der Waals surface area contributed by atoms with Crippen LogP contribution < -0.4 is 24.8 Å². The number of rotatable bonds is 15. The average Bonchev–Trinajstić information content (AvgIpc) is 3.41. The number of nitriles is 1. The highest BCUT2D eigenvalue weighted by Crippen LogP contribution is 2.39. The first kappa shape index (κ1) is 41.3. The van der Waals surface area contributed by atoms with Gasteiger partial charge in [0.25, 0.3) is 11.8 Å². The lowest BCUT2D eigenvalue weighted by atomic mass is 9.77. The number of sulfonamides is 1. The highest BCUT2D eigenvalue weighted by molar-refractivity contribution is 7.92. The van der Waals surface area contributed by atoms with Crippen molar-refractivity contribution in [1.82, 2.24) is 20.2 Å². The summed E-state index contributed by atoms with van der Waals surface area (Å²) in [5.41, 5.74) is 2.33. The predicted octanol–water partition coefficient (Wildman–Crippen LogP) is 4.87. The second-order valence-electron chi connectivity index (χ2n) is 14.2. The van der Waals surface area contributed by atoms with E-state index in [1.54, 1.807) is 30.3 Å². The van der Waals surface area contributed by atoms with Gasteiger partial charge in [-0.15, -0.1) is 0 Å². The first-order valence-electron chi connectivity index (χ1n) is 18.1. The molecule has 3 aromatic carbocycles. The van der Waals surface area contributed by atoms with Crippen LogP contribution in [0.15, 0.2) is 66.9 Å². The number of hydrogen-bond donors (Lipinski definition) is 3. The van der Waals surface area contributed by atoms with Crippen LogP contribution in [0.1, 0.15) is 89.1 Å². The summed E-state index contributed by atoms with van der Waals surface area (Å²) < 4.78 is 37.0. The Morgan fingerprint density at radius 3 is 2.45 bits per heavy atom. The van der Waals surface area contributed by atoms with Crippen LogP contribution in [-0.2, 0) is 36.4 Å². The number of unbranched alkanes of at least 4 members (excludes halogenated alkanes) is 1. The van der Waals surface area contributed by atoms with Gasteiger partial charge in [-0.1, -0.05) is 37.6 Å². The second kappa shape index (κ2) is 17.0. The summed E-state index contributed by atoms with van der Waals surface area (Å²) in [7, 11) is -3.53. The van der Waals surface area contributed by atoms with E-state index in [1.807, 2.05) is 26.0 Å². The molecule has 1 aromatic heterocycles. The van der Waals surface area contributed by atoms with E-state index in [2.05, 4.69) is 31.4 Å². The molecule has 1 fully saturated rings. The van der Waals surface area contributed by atoms with Gasteiger partial charge in [-0.3, -0.25) is 38.9 Å². The summed E-state index contributed by atoms with van der Waals surface area (Å²) in [6, 6.07) is 17.9. The van der Waals surface area contributed by atoms with Crippen LogP contribution in [0.2, 0.25) is 5.02 Å². The van der Waals surface area contributed by atoms with E-state index in [1.165, 1.54) is 24.4 Å². The maximum Gasteiger partial charge on any atom is 0.262 e. The summed E-state index contributed by atoms with van der Waals surface area (Å²) in [5.74, 6) is -2.05. The van der Waals surface area contributed by atoms with Crippen LogP contribution in [0.4, 0.5) is 11.6 Å². The Morgan fingerprint density at radius 1 is 1.00 bits per heavy atom. The van der Waals surface area contributed by atoms with E-state index in [9.17, 15) is 37.7 Å². The number of fused-ring (bicyclic) bond motifs is 1. The Hall–Kier alpha value is -6.38. The number of nitrogens with one attached hydrogen (secondary N) is 3. The van der Waals surface area contributed by atoms with Gasteiger partial charge in [0.1, 0.15) is 24.5 Å². The van der Waals surface area contributed by atoms with E-state index in [-0.39, 0.29) is 71.8 Å². The highest BCUT2D eigenvalue weighted by Gasteiger charge is 2.44. The Bertz CT molecular complexity index is 2470. The number of carbonyl (C=O) groups is 5. The van der Waals surface area contributed by atoms with Gasteiger partial charge in [-0.05, 0) is 78.9 Å².